The average molecular weight is 494 g/mol. The number of fused-ring (bicyclic) bond motifs is 1. The van der Waals surface area contributed by atoms with E-state index >= 15 is 0 Å². The molecule has 0 fully saturated rings. The number of rotatable bonds is 8. The third-order valence-corrected chi connectivity index (χ3v) is 5.40. The number of nitrogens with one attached hydrogen (secondary N) is 2. The van der Waals surface area contributed by atoms with Gasteiger partial charge in [0.15, 0.2) is 12.3 Å². The molecule has 2 N–H and O–H groups in total. The number of ether oxygens (including phenoxy) is 2. The molecule has 0 aliphatic heterocycles. The average Bonchev–Trinajstić information content (AvgIpc) is 3.27. The van der Waals surface area contributed by atoms with Crippen LogP contribution in [-0.4, -0.2) is 40.3 Å². The Morgan fingerprint density at radius 3 is 2.57 bits per heavy atom. The number of nitrogens with zero attached hydrogens (tertiary/aromatic N) is 3. The lowest BCUT2D eigenvalue weighted by atomic mass is 10.2. The second kappa shape index (κ2) is 10.4. The van der Waals surface area contributed by atoms with Gasteiger partial charge in [-0.3, -0.25) is 9.59 Å². The van der Waals surface area contributed by atoms with E-state index in [1.165, 1.54) is 7.11 Å². The maximum absolute atomic E-state index is 13.0. The molecule has 0 saturated heterocycles. The van der Waals surface area contributed by atoms with Gasteiger partial charge in [-0.05, 0) is 50.2 Å². The van der Waals surface area contributed by atoms with Gasteiger partial charge >= 0.3 is 0 Å². The molecular formula is C25H24ClN5O4. The van der Waals surface area contributed by atoms with Crippen molar-refractivity contribution in [3.8, 4) is 11.5 Å². The van der Waals surface area contributed by atoms with E-state index in [1.807, 2.05) is 24.6 Å². The van der Waals surface area contributed by atoms with Crippen LogP contribution in [-0.2, 0) is 4.79 Å². The fourth-order valence-electron chi connectivity index (χ4n) is 3.45. The summed E-state index contributed by atoms with van der Waals surface area (Å²) in [6, 6.07) is 13.6. The summed E-state index contributed by atoms with van der Waals surface area (Å²) in [6.07, 6.45) is 3.29. The minimum absolute atomic E-state index is 0.170. The molecule has 0 bridgehead atoms. The van der Waals surface area contributed by atoms with Gasteiger partial charge in [0.1, 0.15) is 11.5 Å². The second-order valence-corrected chi connectivity index (χ2v) is 8.36. The van der Waals surface area contributed by atoms with Gasteiger partial charge < -0.3 is 20.1 Å². The number of carbonyl (C=O) groups excluding carboxylic acids is 2. The SMILES string of the molecule is COc1ccc(NC(=O)COc2ccccc2C(=O)Nc2cnc3c(cnn3C(C)C)c2)cc1Cl. The first-order valence-electron chi connectivity index (χ1n) is 10.9. The van der Waals surface area contributed by atoms with E-state index in [-0.39, 0.29) is 29.9 Å². The molecule has 180 valence electrons. The van der Waals surface area contributed by atoms with Crippen molar-refractivity contribution in [1.29, 1.82) is 0 Å². The summed E-state index contributed by atoms with van der Waals surface area (Å²) in [5.41, 5.74) is 2.05. The van der Waals surface area contributed by atoms with Crippen molar-refractivity contribution in [1.82, 2.24) is 14.8 Å². The first kappa shape index (κ1) is 24.0. The molecule has 4 aromatic rings. The Morgan fingerprint density at radius 1 is 1.03 bits per heavy atom. The van der Waals surface area contributed by atoms with Crippen LogP contribution in [0.4, 0.5) is 11.4 Å². The number of para-hydroxylation sites is 1. The lowest BCUT2D eigenvalue weighted by Crippen LogP contribution is -2.21. The molecule has 2 amide bonds. The molecule has 4 rings (SSSR count). The third-order valence-electron chi connectivity index (χ3n) is 5.11. The van der Waals surface area contributed by atoms with Crippen molar-refractivity contribution in [2.45, 2.75) is 19.9 Å². The van der Waals surface area contributed by atoms with Crippen molar-refractivity contribution < 1.29 is 19.1 Å². The zero-order valence-electron chi connectivity index (χ0n) is 19.4. The minimum Gasteiger partial charge on any atom is -0.495 e. The molecular weight excluding hydrogens is 470 g/mol. The predicted molar refractivity (Wildman–Crippen MR) is 134 cm³/mol. The van der Waals surface area contributed by atoms with E-state index in [9.17, 15) is 9.59 Å². The van der Waals surface area contributed by atoms with Crippen LogP contribution < -0.4 is 20.1 Å². The standard InChI is InChI=1S/C25H24ClN5O4/c1-15(2)31-24-16(12-28-31)10-18(13-27-24)30-25(33)19-6-4-5-7-21(19)35-14-23(32)29-17-8-9-22(34-3)20(26)11-17/h4-13,15H,14H2,1-3H3,(H,29,32)(H,30,33). The number of amides is 2. The molecule has 0 unspecified atom stereocenters. The van der Waals surface area contributed by atoms with E-state index in [2.05, 4.69) is 20.7 Å². The molecule has 2 aromatic heterocycles. The lowest BCUT2D eigenvalue weighted by molar-refractivity contribution is -0.118. The number of hydrogen-bond donors (Lipinski definition) is 2. The number of carbonyl (C=O) groups is 2. The second-order valence-electron chi connectivity index (χ2n) is 7.96. The number of anilines is 2. The molecule has 0 spiro atoms. The summed E-state index contributed by atoms with van der Waals surface area (Å²) in [5, 5.41) is 11.1. The van der Waals surface area contributed by atoms with E-state index in [0.717, 1.165) is 11.0 Å². The first-order chi connectivity index (χ1) is 16.9. The molecule has 0 saturated carbocycles. The molecule has 2 aromatic carbocycles. The van der Waals surface area contributed by atoms with Crippen LogP contribution in [0, 0.1) is 0 Å². The Kier molecular flexibility index (Phi) is 7.17. The van der Waals surface area contributed by atoms with Crippen molar-refractivity contribution in [2.24, 2.45) is 0 Å². The summed E-state index contributed by atoms with van der Waals surface area (Å²) in [5.74, 6) is -0.0165. The number of methoxy groups -OCH3 is 1. The van der Waals surface area contributed by atoms with Crippen molar-refractivity contribution in [3.63, 3.8) is 0 Å². The zero-order chi connectivity index (χ0) is 24.9. The van der Waals surface area contributed by atoms with Crippen molar-refractivity contribution in [3.05, 3.63) is 71.5 Å². The van der Waals surface area contributed by atoms with Crippen LogP contribution in [0.1, 0.15) is 30.2 Å². The predicted octanol–water partition coefficient (Wildman–Crippen LogP) is 4.94. The largest absolute Gasteiger partial charge is 0.495 e. The number of halogens is 1. The molecule has 10 heteroatoms. The third kappa shape index (κ3) is 5.52. The minimum atomic E-state index is -0.404. The Hall–Kier alpha value is -4.11. The van der Waals surface area contributed by atoms with Crippen LogP contribution in [0.2, 0.25) is 5.02 Å². The monoisotopic (exact) mass is 493 g/mol. The summed E-state index contributed by atoms with van der Waals surface area (Å²) >= 11 is 6.09. The van der Waals surface area contributed by atoms with E-state index in [1.54, 1.807) is 54.9 Å². The maximum Gasteiger partial charge on any atom is 0.262 e. The van der Waals surface area contributed by atoms with Crippen LogP contribution in [0.15, 0.2) is 60.9 Å². The number of aromatic nitrogens is 3. The highest BCUT2D eigenvalue weighted by molar-refractivity contribution is 6.32. The van der Waals surface area contributed by atoms with Crippen molar-refractivity contribution >= 4 is 45.8 Å². The van der Waals surface area contributed by atoms with Crippen LogP contribution >= 0.6 is 11.6 Å². The molecule has 2 heterocycles. The van der Waals surface area contributed by atoms with Gasteiger partial charge in [-0.25, -0.2) is 9.67 Å². The fraction of sp³-hybridized carbons (Fsp3) is 0.200. The molecule has 35 heavy (non-hydrogen) atoms. The van der Waals surface area contributed by atoms with Gasteiger partial charge in [0.25, 0.3) is 11.8 Å². The Morgan fingerprint density at radius 2 is 1.83 bits per heavy atom. The summed E-state index contributed by atoms with van der Waals surface area (Å²) in [4.78, 5) is 29.8. The lowest BCUT2D eigenvalue weighted by Gasteiger charge is -2.12. The zero-order valence-corrected chi connectivity index (χ0v) is 20.2. The molecule has 9 nitrogen and oxygen atoms in total. The van der Waals surface area contributed by atoms with E-state index in [0.29, 0.717) is 22.1 Å². The molecule has 0 radical (unpaired) electrons. The molecule has 0 aliphatic rings. The van der Waals surface area contributed by atoms with Crippen LogP contribution in [0.25, 0.3) is 11.0 Å². The molecule has 0 atom stereocenters. The highest BCUT2D eigenvalue weighted by Crippen LogP contribution is 2.27. The highest BCUT2D eigenvalue weighted by Gasteiger charge is 2.15. The Bertz CT molecular complexity index is 1390. The molecule has 0 aliphatic carbocycles. The van der Waals surface area contributed by atoms with Gasteiger partial charge in [0, 0.05) is 17.1 Å². The van der Waals surface area contributed by atoms with Crippen LogP contribution in [0.5, 0.6) is 11.5 Å². The maximum atomic E-state index is 13.0. The Labute approximate surface area is 207 Å². The van der Waals surface area contributed by atoms with E-state index in [4.69, 9.17) is 21.1 Å². The number of benzene rings is 2. The summed E-state index contributed by atoms with van der Waals surface area (Å²) < 4.78 is 12.6. The highest BCUT2D eigenvalue weighted by atomic mass is 35.5. The van der Waals surface area contributed by atoms with E-state index < -0.39 is 5.91 Å². The number of hydrogen-bond acceptors (Lipinski definition) is 6. The van der Waals surface area contributed by atoms with Gasteiger partial charge in [-0.15, -0.1) is 0 Å². The van der Waals surface area contributed by atoms with Gasteiger partial charge in [-0.1, -0.05) is 23.7 Å². The van der Waals surface area contributed by atoms with Crippen LogP contribution in [0.3, 0.4) is 0 Å². The normalized spacial score (nSPS) is 10.9. The fourth-order valence-corrected chi connectivity index (χ4v) is 3.71. The summed E-state index contributed by atoms with van der Waals surface area (Å²) in [7, 11) is 1.51. The Balaban J connectivity index is 1.42. The first-order valence-corrected chi connectivity index (χ1v) is 11.2. The quantitative estimate of drug-likeness (QED) is 0.360. The number of pyridine rings is 1. The van der Waals surface area contributed by atoms with Gasteiger partial charge in [0.05, 0.1) is 35.8 Å². The smallest absolute Gasteiger partial charge is 0.262 e. The van der Waals surface area contributed by atoms with Gasteiger partial charge in [0.2, 0.25) is 0 Å². The summed E-state index contributed by atoms with van der Waals surface area (Å²) in [6.45, 7) is 3.75. The van der Waals surface area contributed by atoms with Crippen molar-refractivity contribution in [2.75, 3.05) is 24.4 Å². The topological polar surface area (TPSA) is 107 Å². The van der Waals surface area contributed by atoms with Gasteiger partial charge in [-0.2, -0.15) is 5.10 Å².